The van der Waals surface area contributed by atoms with Gasteiger partial charge >= 0.3 is 0 Å². The number of pyridine rings is 2. The molecule has 178 valence electrons. The van der Waals surface area contributed by atoms with Crippen LogP contribution in [-0.4, -0.2) is 31.3 Å². The molecule has 0 fully saturated rings. The molecule has 1 aliphatic heterocycles. The van der Waals surface area contributed by atoms with E-state index in [0.29, 0.717) is 5.25 Å². The molecule has 1 aliphatic carbocycles. The summed E-state index contributed by atoms with van der Waals surface area (Å²) in [6.45, 7) is 2.13. The van der Waals surface area contributed by atoms with E-state index in [2.05, 4.69) is 89.7 Å². The minimum absolute atomic E-state index is 0.217. The molecule has 5 aromatic rings. The van der Waals surface area contributed by atoms with Gasteiger partial charge in [-0.3, -0.25) is 15.0 Å². The summed E-state index contributed by atoms with van der Waals surface area (Å²) in [7, 11) is 0. The second-order valence-electron chi connectivity index (χ2n) is 9.28. The van der Waals surface area contributed by atoms with E-state index >= 15 is 0 Å². The van der Waals surface area contributed by atoms with Gasteiger partial charge in [-0.1, -0.05) is 60.3 Å². The summed E-state index contributed by atoms with van der Waals surface area (Å²) in [5.74, 6) is 0. The highest BCUT2D eigenvalue weighted by Gasteiger charge is 2.28. The number of fused-ring (bicyclic) bond motifs is 2. The standard InChI is InChI=1S/C31H22N4S2/c1-19-10-20(22-13-24(17-32-15-22)30-34-26-6-2-4-8-28(26)36-30)12-21(11-19)23-14-25(18-33-16-23)31-35-27-7-3-5-9-29(27)37-31/h2-18,26,28H,1H3. The minimum atomic E-state index is 0.217. The van der Waals surface area contributed by atoms with Crippen LogP contribution in [0.25, 0.3) is 43.0 Å². The van der Waals surface area contributed by atoms with E-state index in [1.165, 1.54) is 10.3 Å². The lowest BCUT2D eigenvalue weighted by Gasteiger charge is -2.11. The number of hydrogen-bond acceptors (Lipinski definition) is 6. The lowest BCUT2D eigenvalue weighted by Crippen LogP contribution is -2.13. The Labute approximate surface area is 223 Å². The molecule has 2 atom stereocenters. The van der Waals surface area contributed by atoms with Crippen LogP contribution in [0, 0.1) is 6.92 Å². The second kappa shape index (κ2) is 9.21. The molecule has 0 radical (unpaired) electrons. The van der Waals surface area contributed by atoms with Crippen molar-refractivity contribution in [3.8, 4) is 32.8 Å². The van der Waals surface area contributed by atoms with Crippen LogP contribution in [0.5, 0.6) is 0 Å². The number of thiazole rings is 1. The van der Waals surface area contributed by atoms with Crippen molar-refractivity contribution >= 4 is 38.4 Å². The molecule has 0 amide bonds. The summed E-state index contributed by atoms with van der Waals surface area (Å²) < 4.78 is 1.18. The van der Waals surface area contributed by atoms with Crippen molar-refractivity contribution in [2.45, 2.75) is 18.2 Å². The van der Waals surface area contributed by atoms with E-state index < -0.39 is 0 Å². The summed E-state index contributed by atoms with van der Waals surface area (Å²) in [4.78, 5) is 18.9. The fourth-order valence-corrected chi connectivity index (χ4v) is 6.87. The number of aryl methyl sites for hydroxylation is 1. The SMILES string of the molecule is Cc1cc(-c2cncc(C3=NC4C=CC=CC4S3)c2)cc(-c2cncc(-c3nc4ccccc4s3)c2)c1. The Balaban J connectivity index is 1.23. The topological polar surface area (TPSA) is 51.0 Å². The van der Waals surface area contributed by atoms with E-state index in [1.807, 2.05) is 42.6 Å². The number of aromatic nitrogens is 3. The van der Waals surface area contributed by atoms with E-state index in [4.69, 9.17) is 9.98 Å². The van der Waals surface area contributed by atoms with Gasteiger partial charge in [0, 0.05) is 47.0 Å². The lowest BCUT2D eigenvalue weighted by atomic mass is 9.97. The molecule has 3 aromatic heterocycles. The molecule has 2 unspecified atom stereocenters. The first-order valence-electron chi connectivity index (χ1n) is 12.2. The molecule has 0 saturated carbocycles. The predicted octanol–water partition coefficient (Wildman–Crippen LogP) is 7.75. The van der Waals surface area contributed by atoms with Crippen LogP contribution < -0.4 is 0 Å². The zero-order chi connectivity index (χ0) is 24.8. The Hall–Kier alpha value is -3.87. The second-order valence-corrected chi connectivity index (χ2v) is 11.5. The maximum Gasteiger partial charge on any atom is 0.126 e. The molecular formula is C31H22N4S2. The van der Waals surface area contributed by atoms with Crippen LogP contribution in [0.15, 0.2) is 109 Å². The van der Waals surface area contributed by atoms with Gasteiger partial charge in [0.25, 0.3) is 0 Å². The number of rotatable bonds is 4. The summed E-state index contributed by atoms with van der Waals surface area (Å²) in [5.41, 5.74) is 8.74. The first kappa shape index (κ1) is 22.3. The number of benzene rings is 2. The van der Waals surface area contributed by atoms with Crippen LogP contribution in [0.1, 0.15) is 11.1 Å². The molecule has 2 aliphatic rings. The fourth-order valence-electron chi connectivity index (χ4n) is 4.78. The Bertz CT molecular complexity index is 1710. The van der Waals surface area contributed by atoms with Gasteiger partial charge in [0.2, 0.25) is 0 Å². The highest BCUT2D eigenvalue weighted by atomic mass is 32.2. The number of thioether (sulfide) groups is 1. The third-order valence-corrected chi connectivity index (χ3v) is 8.94. The highest BCUT2D eigenvalue weighted by molar-refractivity contribution is 8.15. The van der Waals surface area contributed by atoms with Crippen LogP contribution in [-0.2, 0) is 0 Å². The Kier molecular flexibility index (Phi) is 5.56. The molecule has 4 nitrogen and oxygen atoms in total. The first-order chi connectivity index (χ1) is 18.2. The van der Waals surface area contributed by atoms with Crippen molar-refractivity contribution in [1.82, 2.24) is 15.0 Å². The third-order valence-electron chi connectivity index (χ3n) is 6.58. The Morgan fingerprint density at radius 2 is 1.38 bits per heavy atom. The van der Waals surface area contributed by atoms with Crippen molar-refractivity contribution < 1.29 is 0 Å². The van der Waals surface area contributed by atoms with Gasteiger partial charge in [-0.05, 0) is 53.9 Å². The van der Waals surface area contributed by atoms with Gasteiger partial charge in [-0.25, -0.2) is 4.98 Å². The molecular weight excluding hydrogens is 493 g/mol. The van der Waals surface area contributed by atoms with Gasteiger partial charge in [0.15, 0.2) is 0 Å². The zero-order valence-corrected chi connectivity index (χ0v) is 21.7. The summed E-state index contributed by atoms with van der Waals surface area (Å²) in [6, 6.07) is 19.5. The smallest absolute Gasteiger partial charge is 0.126 e. The van der Waals surface area contributed by atoms with E-state index in [1.54, 1.807) is 11.3 Å². The maximum absolute atomic E-state index is 4.94. The highest BCUT2D eigenvalue weighted by Crippen LogP contribution is 2.36. The number of para-hydroxylation sites is 1. The minimum Gasteiger partial charge on any atom is -0.269 e. The molecule has 0 bridgehead atoms. The van der Waals surface area contributed by atoms with E-state index in [0.717, 1.165) is 48.9 Å². The number of nitrogens with zero attached hydrogens (tertiary/aromatic N) is 4. The molecule has 6 heteroatoms. The van der Waals surface area contributed by atoms with Gasteiger partial charge < -0.3 is 0 Å². The lowest BCUT2D eigenvalue weighted by molar-refractivity contribution is 0.862. The predicted molar refractivity (Wildman–Crippen MR) is 156 cm³/mol. The molecule has 2 aromatic carbocycles. The normalized spacial score (nSPS) is 18.2. The van der Waals surface area contributed by atoms with Crippen molar-refractivity contribution in [2.24, 2.45) is 4.99 Å². The Morgan fingerprint density at radius 1 is 0.703 bits per heavy atom. The Morgan fingerprint density at radius 3 is 2.16 bits per heavy atom. The van der Waals surface area contributed by atoms with E-state index in [-0.39, 0.29) is 6.04 Å². The van der Waals surface area contributed by atoms with Gasteiger partial charge in [0.1, 0.15) is 10.1 Å². The number of hydrogen-bond donors (Lipinski definition) is 0. The molecule has 0 spiro atoms. The fraction of sp³-hybridized carbons (Fsp3) is 0.0968. The zero-order valence-electron chi connectivity index (χ0n) is 20.1. The number of allylic oxidation sites excluding steroid dienone is 2. The van der Waals surface area contributed by atoms with Gasteiger partial charge in [0.05, 0.1) is 21.5 Å². The van der Waals surface area contributed by atoms with Crippen molar-refractivity contribution in [3.05, 3.63) is 115 Å². The van der Waals surface area contributed by atoms with Crippen molar-refractivity contribution in [1.29, 1.82) is 0 Å². The van der Waals surface area contributed by atoms with Gasteiger partial charge in [-0.2, -0.15) is 0 Å². The van der Waals surface area contributed by atoms with Crippen molar-refractivity contribution in [3.63, 3.8) is 0 Å². The summed E-state index contributed by atoms with van der Waals surface area (Å²) in [6.07, 6.45) is 16.3. The molecule has 7 rings (SSSR count). The van der Waals surface area contributed by atoms with Crippen LogP contribution in [0.3, 0.4) is 0 Å². The molecule has 0 saturated heterocycles. The average molecular weight is 515 g/mol. The molecule has 37 heavy (non-hydrogen) atoms. The summed E-state index contributed by atoms with van der Waals surface area (Å²) >= 11 is 3.51. The quantitative estimate of drug-likeness (QED) is 0.246. The van der Waals surface area contributed by atoms with Crippen LogP contribution in [0.4, 0.5) is 0 Å². The molecule has 0 N–H and O–H groups in total. The largest absolute Gasteiger partial charge is 0.269 e. The maximum atomic E-state index is 4.94. The average Bonchev–Trinajstić information content (AvgIpc) is 3.58. The van der Waals surface area contributed by atoms with Crippen molar-refractivity contribution in [2.75, 3.05) is 0 Å². The first-order valence-corrected chi connectivity index (χ1v) is 13.9. The summed E-state index contributed by atoms with van der Waals surface area (Å²) in [5, 5.41) is 2.42. The monoisotopic (exact) mass is 514 g/mol. The third kappa shape index (κ3) is 4.32. The molecule has 4 heterocycles. The van der Waals surface area contributed by atoms with Crippen LogP contribution >= 0.6 is 23.1 Å². The van der Waals surface area contributed by atoms with Crippen LogP contribution in [0.2, 0.25) is 0 Å². The van der Waals surface area contributed by atoms with E-state index in [9.17, 15) is 0 Å². The number of aliphatic imine (C=N–C) groups is 1. The van der Waals surface area contributed by atoms with Gasteiger partial charge in [-0.15, -0.1) is 11.3 Å².